The van der Waals surface area contributed by atoms with Crippen LogP contribution in [0, 0.1) is 0 Å². The number of carbonyl (C=O) groups is 9. The maximum atomic E-state index is 13.3. The highest BCUT2D eigenvalue weighted by molar-refractivity contribution is 7.80. The Morgan fingerprint density at radius 2 is 1.41 bits per heavy atom. The van der Waals surface area contributed by atoms with E-state index in [2.05, 4.69) is 49.5 Å². The minimum absolute atomic E-state index is 0.0189. The molecule has 0 unspecified atom stereocenters. The van der Waals surface area contributed by atoms with E-state index >= 15 is 0 Å². The third kappa shape index (κ3) is 17.9. The fourth-order valence-electron chi connectivity index (χ4n) is 5.29. The lowest BCUT2D eigenvalue weighted by Gasteiger charge is -2.29. The van der Waals surface area contributed by atoms with Gasteiger partial charge >= 0.3 is 11.9 Å². The molecule has 0 aromatic rings. The first kappa shape index (κ1) is 48.7. The highest BCUT2D eigenvalue weighted by Gasteiger charge is 2.39. The van der Waals surface area contributed by atoms with Crippen molar-refractivity contribution in [3.05, 3.63) is 0 Å². The van der Waals surface area contributed by atoms with Crippen LogP contribution in [0.2, 0.25) is 0 Å². The number of thiol groups is 1. The Kier molecular flexibility index (Phi) is 22.4. The Balaban J connectivity index is 2.93. The van der Waals surface area contributed by atoms with Crippen LogP contribution in [0.5, 0.6) is 0 Å². The topological polar surface area (TPSA) is 406 Å². The average molecular weight is 819 g/mol. The SMILES string of the molecule is NCCCC[C@H](N)C(=O)NCC(=O)N[C@@H](CCCN=C(N)N)C(=O)NCC(=O)N[C@@H](CC(=O)O)C(=O)N[C@@H](CO)C(=O)N1CCC[C@H]1C(=O)N[C@@H](CS)C(=O)O. The molecule has 316 valence electrons. The lowest BCUT2D eigenvalue weighted by molar-refractivity contribution is -0.145. The molecule has 1 heterocycles. The van der Waals surface area contributed by atoms with Gasteiger partial charge in [0.05, 0.1) is 32.2 Å². The van der Waals surface area contributed by atoms with E-state index in [0.29, 0.717) is 32.2 Å². The lowest BCUT2D eigenvalue weighted by atomic mass is 10.1. The zero-order valence-corrected chi connectivity index (χ0v) is 31.6. The zero-order chi connectivity index (χ0) is 42.4. The second-order valence-electron chi connectivity index (χ2n) is 12.6. The smallest absolute Gasteiger partial charge is 0.327 e. The lowest BCUT2D eigenvalue weighted by Crippen LogP contribution is -2.59. The monoisotopic (exact) mass is 818 g/mol. The number of rotatable bonds is 26. The van der Waals surface area contributed by atoms with Gasteiger partial charge in [-0.1, -0.05) is 6.42 Å². The zero-order valence-electron chi connectivity index (χ0n) is 30.7. The molecule has 1 aliphatic rings. The number of amides is 7. The van der Waals surface area contributed by atoms with Crippen LogP contribution in [0.3, 0.4) is 0 Å². The van der Waals surface area contributed by atoms with Crippen molar-refractivity contribution in [3.63, 3.8) is 0 Å². The number of aliphatic carboxylic acids is 2. The molecule has 24 nitrogen and oxygen atoms in total. The van der Waals surface area contributed by atoms with E-state index in [4.69, 9.17) is 22.9 Å². The number of hydrogen-bond donors (Lipinski definition) is 14. The summed E-state index contributed by atoms with van der Waals surface area (Å²) in [6.07, 6.45) is 1.25. The Morgan fingerprint density at radius 3 is 1.96 bits per heavy atom. The summed E-state index contributed by atoms with van der Waals surface area (Å²) >= 11 is 3.89. The predicted octanol–water partition coefficient (Wildman–Crippen LogP) is -6.86. The van der Waals surface area contributed by atoms with Gasteiger partial charge < -0.3 is 75.1 Å². The molecule has 0 saturated carbocycles. The van der Waals surface area contributed by atoms with Crippen molar-refractivity contribution in [1.29, 1.82) is 0 Å². The standard InChI is InChI=1S/C31H54N12O12S/c32-8-2-1-5-16(33)25(49)37-12-22(45)39-17(6-3-9-36-31(34)35)26(50)38-13-23(46)40-18(11-24(47)48)27(51)41-19(14-44)29(53)43-10-4-7-21(43)28(52)42-20(15-56)30(54)55/h16-21,44,56H,1-15,32-33H2,(H,37,49)(H,38,50)(H,39,45)(H,40,46)(H,41,51)(H,42,52)(H,47,48)(H,54,55)(H4,34,35,36)/t16-,17-,18-,19-,20-,21-/m0/s1. The van der Waals surface area contributed by atoms with Crippen molar-refractivity contribution in [2.75, 3.05) is 45.1 Å². The van der Waals surface area contributed by atoms with E-state index in [1.54, 1.807) is 0 Å². The number of aliphatic hydroxyl groups excluding tert-OH is 1. The number of hydrogen-bond acceptors (Lipinski definition) is 14. The number of guanidine groups is 1. The van der Waals surface area contributed by atoms with Gasteiger partial charge in [0.15, 0.2) is 5.96 Å². The van der Waals surface area contributed by atoms with E-state index in [-0.39, 0.29) is 44.1 Å². The molecule has 0 bridgehead atoms. The molecular formula is C31H54N12O12S. The Bertz CT molecular complexity index is 1430. The summed E-state index contributed by atoms with van der Waals surface area (Å²) in [5.74, 6) is -9.56. The third-order valence-corrected chi connectivity index (χ3v) is 8.58. The molecule has 1 fully saturated rings. The van der Waals surface area contributed by atoms with E-state index in [1.165, 1.54) is 0 Å². The number of unbranched alkanes of at least 4 members (excludes halogenated alkanes) is 1. The quantitative estimate of drug-likeness (QED) is 0.0167. The van der Waals surface area contributed by atoms with Crippen LogP contribution in [0.1, 0.15) is 51.4 Å². The van der Waals surface area contributed by atoms with Crippen molar-refractivity contribution < 1.29 is 58.5 Å². The number of carbonyl (C=O) groups excluding carboxylic acids is 7. The van der Waals surface area contributed by atoms with Gasteiger partial charge in [-0.15, -0.1) is 0 Å². The fourth-order valence-corrected chi connectivity index (χ4v) is 5.54. The first-order valence-electron chi connectivity index (χ1n) is 17.7. The highest BCUT2D eigenvalue weighted by Crippen LogP contribution is 2.19. The van der Waals surface area contributed by atoms with Crippen LogP contribution >= 0.6 is 12.6 Å². The van der Waals surface area contributed by atoms with Crippen molar-refractivity contribution in [2.24, 2.45) is 27.9 Å². The predicted molar refractivity (Wildman–Crippen MR) is 200 cm³/mol. The van der Waals surface area contributed by atoms with E-state index in [1.807, 2.05) is 0 Å². The molecule has 1 rings (SSSR count). The number of aliphatic hydroxyl groups is 1. The summed E-state index contributed by atoms with van der Waals surface area (Å²) in [5.41, 5.74) is 21.9. The maximum Gasteiger partial charge on any atom is 0.327 e. The van der Waals surface area contributed by atoms with Crippen molar-refractivity contribution >= 4 is 71.9 Å². The number of nitrogens with two attached hydrogens (primary N) is 4. The van der Waals surface area contributed by atoms with E-state index in [9.17, 15) is 58.5 Å². The summed E-state index contributed by atoms with van der Waals surface area (Å²) in [7, 11) is 0. The molecule has 25 heteroatoms. The molecule has 0 aromatic heterocycles. The summed E-state index contributed by atoms with van der Waals surface area (Å²) in [6.45, 7) is -1.81. The number of carboxylic acids is 2. The number of aliphatic imine (C=N–C) groups is 1. The second kappa shape index (κ2) is 25.7. The summed E-state index contributed by atoms with van der Waals surface area (Å²) in [4.78, 5) is 118. The van der Waals surface area contributed by atoms with Crippen molar-refractivity contribution in [3.8, 4) is 0 Å². The van der Waals surface area contributed by atoms with Gasteiger partial charge in [-0.3, -0.25) is 43.3 Å². The molecular weight excluding hydrogens is 764 g/mol. The molecule has 1 aliphatic heterocycles. The van der Waals surface area contributed by atoms with Crippen LogP contribution in [0.25, 0.3) is 0 Å². The van der Waals surface area contributed by atoms with E-state index in [0.717, 1.165) is 4.90 Å². The van der Waals surface area contributed by atoms with Crippen LogP contribution in [-0.2, 0) is 43.2 Å². The van der Waals surface area contributed by atoms with Gasteiger partial charge in [0, 0.05) is 18.8 Å². The molecule has 0 radical (unpaired) electrons. The van der Waals surface area contributed by atoms with Crippen LogP contribution in [-0.4, -0.2) is 161 Å². The Labute approximate surface area is 327 Å². The van der Waals surface area contributed by atoms with Crippen LogP contribution in [0.4, 0.5) is 0 Å². The summed E-state index contributed by atoms with van der Waals surface area (Å²) < 4.78 is 0. The number of nitrogens with zero attached hydrogens (tertiary/aromatic N) is 2. The number of nitrogens with one attached hydrogen (secondary N) is 6. The van der Waals surface area contributed by atoms with Gasteiger partial charge in [-0.25, -0.2) is 4.79 Å². The van der Waals surface area contributed by atoms with Crippen LogP contribution in [0.15, 0.2) is 4.99 Å². The molecule has 0 aromatic carbocycles. The molecule has 1 saturated heterocycles. The summed E-state index contributed by atoms with van der Waals surface area (Å²) in [5, 5.41) is 42.2. The van der Waals surface area contributed by atoms with Gasteiger partial charge in [0.1, 0.15) is 30.2 Å². The largest absolute Gasteiger partial charge is 0.481 e. The minimum Gasteiger partial charge on any atom is -0.481 e. The fraction of sp³-hybridized carbons (Fsp3) is 0.677. The third-order valence-electron chi connectivity index (χ3n) is 8.21. The first-order chi connectivity index (χ1) is 26.4. The minimum atomic E-state index is -1.82. The molecule has 0 spiro atoms. The highest BCUT2D eigenvalue weighted by atomic mass is 32.1. The van der Waals surface area contributed by atoms with E-state index < -0.39 is 116 Å². The normalized spacial score (nSPS) is 16.1. The van der Waals surface area contributed by atoms with Crippen LogP contribution < -0.4 is 54.8 Å². The summed E-state index contributed by atoms with van der Waals surface area (Å²) in [6, 6.07) is -8.14. The van der Waals surface area contributed by atoms with Gasteiger partial charge in [0.2, 0.25) is 41.4 Å². The molecule has 7 amide bonds. The van der Waals surface area contributed by atoms with Gasteiger partial charge in [0.25, 0.3) is 0 Å². The molecule has 0 aliphatic carbocycles. The first-order valence-corrected chi connectivity index (χ1v) is 18.3. The van der Waals surface area contributed by atoms with Crippen molar-refractivity contribution in [1.82, 2.24) is 36.8 Å². The number of likely N-dealkylation sites (tertiary alicyclic amines) is 1. The molecule has 56 heavy (non-hydrogen) atoms. The second-order valence-corrected chi connectivity index (χ2v) is 13.0. The maximum absolute atomic E-state index is 13.3. The van der Waals surface area contributed by atoms with Gasteiger partial charge in [-0.05, 0) is 45.1 Å². The van der Waals surface area contributed by atoms with Crippen molar-refractivity contribution in [2.45, 2.75) is 87.6 Å². The molecule has 6 atom stereocenters. The number of carboxylic acid groups (broad SMARTS) is 2. The van der Waals surface area contributed by atoms with Gasteiger partial charge in [-0.2, -0.15) is 12.6 Å². The average Bonchev–Trinajstić information content (AvgIpc) is 3.64. The molecule has 17 N–H and O–H groups in total. The Morgan fingerprint density at radius 1 is 0.786 bits per heavy atom. The Hall–Kier alpha value is -5.27.